The van der Waals surface area contributed by atoms with E-state index in [2.05, 4.69) is 10.2 Å². The smallest absolute Gasteiger partial charge is 0.409 e. The van der Waals surface area contributed by atoms with Gasteiger partial charge in [-0.15, -0.1) is 0 Å². The predicted molar refractivity (Wildman–Crippen MR) is 115 cm³/mol. The van der Waals surface area contributed by atoms with E-state index in [0.29, 0.717) is 58.5 Å². The molecule has 8 nitrogen and oxygen atoms in total. The van der Waals surface area contributed by atoms with E-state index in [-0.39, 0.29) is 12.0 Å². The number of amides is 2. The molecule has 1 aliphatic rings. The van der Waals surface area contributed by atoms with Crippen molar-refractivity contribution in [2.75, 3.05) is 59.1 Å². The Labute approximate surface area is 179 Å². The summed E-state index contributed by atoms with van der Waals surface area (Å²) in [6.07, 6.45) is 0.562. The van der Waals surface area contributed by atoms with Gasteiger partial charge in [0, 0.05) is 26.2 Å². The molecule has 0 saturated carbocycles. The summed E-state index contributed by atoms with van der Waals surface area (Å²) in [5, 5.41) is 2.88. The van der Waals surface area contributed by atoms with Crippen LogP contribution in [0.2, 0.25) is 0 Å². The standard InChI is InChI=1S/C22H35N3O5/c1-4-28-19-6-8-20(9-7-19)29-15-10-23-21(26)16-24-11-5-12-25(14-13-24)22(27)30-17-18(2)3/h6-9,18H,4-5,10-17H2,1-3H3,(H,23,26). The number of nitrogens with one attached hydrogen (secondary N) is 1. The van der Waals surface area contributed by atoms with Crippen LogP contribution in [0.15, 0.2) is 24.3 Å². The minimum absolute atomic E-state index is 0.0406. The molecule has 0 aromatic heterocycles. The molecule has 30 heavy (non-hydrogen) atoms. The maximum absolute atomic E-state index is 12.2. The molecule has 1 N–H and O–H groups in total. The molecule has 0 spiro atoms. The van der Waals surface area contributed by atoms with Gasteiger partial charge in [-0.05, 0) is 43.5 Å². The van der Waals surface area contributed by atoms with Crippen LogP contribution < -0.4 is 14.8 Å². The van der Waals surface area contributed by atoms with E-state index in [1.807, 2.05) is 45.0 Å². The van der Waals surface area contributed by atoms with Crippen LogP contribution in [-0.2, 0) is 9.53 Å². The monoisotopic (exact) mass is 421 g/mol. The van der Waals surface area contributed by atoms with Crippen LogP contribution in [0, 0.1) is 5.92 Å². The van der Waals surface area contributed by atoms with Crippen molar-refractivity contribution in [3.8, 4) is 11.5 Å². The molecule has 1 aromatic carbocycles. The van der Waals surface area contributed by atoms with E-state index in [1.54, 1.807) is 4.90 Å². The number of carbonyl (C=O) groups is 2. The molecular formula is C22H35N3O5. The van der Waals surface area contributed by atoms with E-state index in [0.717, 1.165) is 24.5 Å². The summed E-state index contributed by atoms with van der Waals surface area (Å²) < 4.78 is 16.3. The second-order valence-electron chi connectivity index (χ2n) is 7.69. The fourth-order valence-electron chi connectivity index (χ4n) is 3.06. The Hall–Kier alpha value is -2.48. The van der Waals surface area contributed by atoms with Gasteiger partial charge in [-0.25, -0.2) is 4.79 Å². The Bertz CT molecular complexity index is 651. The van der Waals surface area contributed by atoms with Crippen molar-refractivity contribution < 1.29 is 23.8 Å². The zero-order valence-electron chi connectivity index (χ0n) is 18.4. The molecule has 0 bridgehead atoms. The highest BCUT2D eigenvalue weighted by atomic mass is 16.6. The van der Waals surface area contributed by atoms with E-state index in [4.69, 9.17) is 14.2 Å². The van der Waals surface area contributed by atoms with Crippen LogP contribution in [0.25, 0.3) is 0 Å². The number of ether oxygens (including phenoxy) is 3. The van der Waals surface area contributed by atoms with Crippen molar-refractivity contribution in [1.82, 2.24) is 15.1 Å². The van der Waals surface area contributed by atoms with Crippen molar-refractivity contribution in [3.63, 3.8) is 0 Å². The number of carbonyl (C=O) groups excluding carboxylic acids is 2. The van der Waals surface area contributed by atoms with Gasteiger partial charge in [-0.3, -0.25) is 9.69 Å². The lowest BCUT2D eigenvalue weighted by molar-refractivity contribution is -0.122. The minimum Gasteiger partial charge on any atom is -0.494 e. The van der Waals surface area contributed by atoms with Crippen LogP contribution in [-0.4, -0.2) is 80.9 Å². The first-order valence-corrected chi connectivity index (χ1v) is 10.7. The minimum atomic E-state index is -0.263. The molecule has 2 amide bonds. The van der Waals surface area contributed by atoms with Crippen molar-refractivity contribution in [2.24, 2.45) is 5.92 Å². The molecule has 2 rings (SSSR count). The molecule has 0 unspecified atom stereocenters. The van der Waals surface area contributed by atoms with E-state index < -0.39 is 0 Å². The van der Waals surface area contributed by atoms with Gasteiger partial charge in [0.1, 0.15) is 18.1 Å². The third-order valence-corrected chi connectivity index (χ3v) is 4.58. The molecule has 1 aliphatic heterocycles. The molecule has 1 aromatic rings. The van der Waals surface area contributed by atoms with Crippen LogP contribution in [0.3, 0.4) is 0 Å². The molecule has 1 saturated heterocycles. The maximum atomic E-state index is 12.2. The van der Waals surface area contributed by atoms with Gasteiger partial charge >= 0.3 is 6.09 Å². The first kappa shape index (κ1) is 23.8. The van der Waals surface area contributed by atoms with E-state index in [9.17, 15) is 9.59 Å². The second-order valence-corrected chi connectivity index (χ2v) is 7.69. The molecule has 0 atom stereocenters. The van der Waals surface area contributed by atoms with Crippen LogP contribution >= 0.6 is 0 Å². The Morgan fingerprint density at radius 2 is 1.73 bits per heavy atom. The average molecular weight is 422 g/mol. The van der Waals surface area contributed by atoms with Gasteiger partial charge < -0.3 is 24.4 Å². The largest absolute Gasteiger partial charge is 0.494 e. The fraction of sp³-hybridized carbons (Fsp3) is 0.636. The lowest BCUT2D eigenvalue weighted by Gasteiger charge is -2.21. The lowest BCUT2D eigenvalue weighted by Crippen LogP contribution is -2.41. The number of hydrogen-bond donors (Lipinski definition) is 1. The van der Waals surface area contributed by atoms with E-state index in [1.165, 1.54) is 0 Å². The number of nitrogens with zero attached hydrogens (tertiary/aromatic N) is 2. The second kappa shape index (κ2) is 13.0. The Morgan fingerprint density at radius 1 is 1.03 bits per heavy atom. The number of hydrogen-bond acceptors (Lipinski definition) is 6. The summed E-state index contributed by atoms with van der Waals surface area (Å²) in [7, 11) is 0. The van der Waals surface area contributed by atoms with Gasteiger partial charge in [0.05, 0.1) is 26.3 Å². The zero-order valence-corrected chi connectivity index (χ0v) is 18.4. The first-order chi connectivity index (χ1) is 14.5. The Morgan fingerprint density at radius 3 is 2.40 bits per heavy atom. The van der Waals surface area contributed by atoms with Gasteiger partial charge in [0.15, 0.2) is 0 Å². The third-order valence-electron chi connectivity index (χ3n) is 4.58. The summed E-state index contributed by atoms with van der Waals surface area (Å²) >= 11 is 0. The zero-order chi connectivity index (χ0) is 21.8. The summed E-state index contributed by atoms with van der Waals surface area (Å²) in [6, 6.07) is 7.42. The SMILES string of the molecule is CCOc1ccc(OCCNC(=O)CN2CCCN(C(=O)OCC(C)C)CC2)cc1. The topological polar surface area (TPSA) is 80.3 Å². The van der Waals surface area contributed by atoms with E-state index >= 15 is 0 Å². The highest BCUT2D eigenvalue weighted by molar-refractivity contribution is 5.78. The molecule has 0 radical (unpaired) electrons. The lowest BCUT2D eigenvalue weighted by atomic mass is 10.2. The maximum Gasteiger partial charge on any atom is 0.409 e. The van der Waals surface area contributed by atoms with Crippen LogP contribution in [0.4, 0.5) is 4.79 Å². The van der Waals surface area contributed by atoms with Gasteiger partial charge in [0.2, 0.25) is 5.91 Å². The summed E-state index contributed by atoms with van der Waals surface area (Å²) in [5.41, 5.74) is 0. The molecule has 8 heteroatoms. The van der Waals surface area contributed by atoms with Gasteiger partial charge in [-0.2, -0.15) is 0 Å². The van der Waals surface area contributed by atoms with Gasteiger partial charge in [0.25, 0.3) is 0 Å². The summed E-state index contributed by atoms with van der Waals surface area (Å²) in [6.45, 7) is 10.9. The van der Waals surface area contributed by atoms with Gasteiger partial charge in [-0.1, -0.05) is 13.8 Å². The normalized spacial score (nSPS) is 14.9. The number of benzene rings is 1. The molecule has 0 aliphatic carbocycles. The Kier molecular flexibility index (Phi) is 10.3. The van der Waals surface area contributed by atoms with Crippen molar-refractivity contribution in [2.45, 2.75) is 27.2 Å². The highest BCUT2D eigenvalue weighted by Gasteiger charge is 2.21. The van der Waals surface area contributed by atoms with Crippen LogP contribution in [0.5, 0.6) is 11.5 Å². The molecule has 1 fully saturated rings. The first-order valence-electron chi connectivity index (χ1n) is 10.7. The molecular weight excluding hydrogens is 386 g/mol. The fourth-order valence-corrected chi connectivity index (χ4v) is 3.06. The highest BCUT2D eigenvalue weighted by Crippen LogP contribution is 2.17. The molecule has 1 heterocycles. The third kappa shape index (κ3) is 8.90. The quantitative estimate of drug-likeness (QED) is 0.585. The van der Waals surface area contributed by atoms with Crippen LogP contribution in [0.1, 0.15) is 27.2 Å². The van der Waals surface area contributed by atoms with Crippen molar-refractivity contribution in [3.05, 3.63) is 24.3 Å². The number of rotatable bonds is 10. The van der Waals surface area contributed by atoms with Crippen molar-refractivity contribution >= 4 is 12.0 Å². The molecule has 168 valence electrons. The Balaban J connectivity index is 1.62. The predicted octanol–water partition coefficient (Wildman–Crippen LogP) is 2.38. The average Bonchev–Trinajstić information content (AvgIpc) is 2.96. The summed E-state index contributed by atoms with van der Waals surface area (Å²) in [5.74, 6) is 1.83. The van der Waals surface area contributed by atoms with Crippen molar-refractivity contribution in [1.29, 1.82) is 0 Å². The summed E-state index contributed by atoms with van der Waals surface area (Å²) in [4.78, 5) is 28.1.